The molecule has 0 atom stereocenters. The fraction of sp³-hybridized carbons (Fsp3) is 0.214. The topological polar surface area (TPSA) is 77.4 Å². The summed E-state index contributed by atoms with van der Waals surface area (Å²) in [5.74, 6) is 0. The molecule has 186 valence electrons. The Morgan fingerprint density at radius 3 is 1.62 bits per heavy atom. The molecule has 0 amide bonds. The Labute approximate surface area is 225 Å². The highest BCUT2D eigenvalue weighted by atomic mass is 35.5. The van der Waals surface area contributed by atoms with Crippen molar-refractivity contribution >= 4 is 61.4 Å². The van der Waals surface area contributed by atoms with E-state index in [2.05, 4.69) is 41.7 Å². The molecule has 0 unspecified atom stereocenters. The number of anilines is 1. The lowest BCUT2D eigenvalue weighted by Crippen LogP contribution is -2.28. The highest BCUT2D eigenvalue weighted by Crippen LogP contribution is 2.35. The van der Waals surface area contributed by atoms with Gasteiger partial charge in [-0.15, -0.1) is 10.2 Å². The first-order valence-corrected chi connectivity index (χ1v) is 13.4. The molecule has 37 heavy (non-hydrogen) atoms. The number of halogens is 1. The van der Waals surface area contributed by atoms with E-state index in [1.807, 2.05) is 73.7 Å². The molecular weight excluding hydrogens is 502 g/mol. The van der Waals surface area contributed by atoms with Gasteiger partial charge in [0.1, 0.15) is 5.00 Å². The summed E-state index contributed by atoms with van der Waals surface area (Å²) < 4.78 is 0. The summed E-state index contributed by atoms with van der Waals surface area (Å²) in [5, 5.41) is 28.7. The molecule has 0 aliphatic carbocycles. The molecule has 3 aromatic carbocycles. The van der Waals surface area contributed by atoms with Gasteiger partial charge in [0, 0.05) is 18.1 Å². The molecule has 1 aliphatic rings. The summed E-state index contributed by atoms with van der Waals surface area (Å²) in [7, 11) is 0. The van der Waals surface area contributed by atoms with Gasteiger partial charge in [0.15, 0.2) is 0 Å². The van der Waals surface area contributed by atoms with E-state index in [9.17, 15) is 0 Å². The van der Waals surface area contributed by atoms with Crippen LogP contribution >= 0.6 is 22.9 Å². The van der Waals surface area contributed by atoms with E-state index in [1.54, 1.807) is 17.4 Å². The number of rotatable bonds is 7. The van der Waals surface area contributed by atoms with E-state index in [1.165, 1.54) is 24.3 Å². The molecule has 0 N–H and O–H groups in total. The van der Waals surface area contributed by atoms with Crippen molar-refractivity contribution < 1.29 is 0 Å². The third-order valence-corrected chi connectivity index (χ3v) is 7.36. The van der Waals surface area contributed by atoms with Gasteiger partial charge in [0.25, 0.3) is 0 Å². The van der Waals surface area contributed by atoms with Crippen LogP contribution in [0.15, 0.2) is 110 Å². The molecule has 4 aromatic rings. The lowest BCUT2D eigenvalue weighted by atomic mass is 10.1. The van der Waals surface area contributed by atoms with Gasteiger partial charge in [-0.1, -0.05) is 29.0 Å². The molecule has 1 aliphatic heterocycles. The maximum absolute atomic E-state index is 6.14. The van der Waals surface area contributed by atoms with Gasteiger partial charge in [-0.05, 0) is 105 Å². The molecule has 5 rings (SSSR count). The van der Waals surface area contributed by atoms with Crippen molar-refractivity contribution in [3.8, 4) is 0 Å². The second-order valence-electron chi connectivity index (χ2n) is 8.73. The van der Waals surface area contributed by atoms with E-state index in [-0.39, 0.29) is 0 Å². The smallest absolute Gasteiger partial charge is 0.140 e. The first-order valence-electron chi connectivity index (χ1n) is 12.2. The van der Waals surface area contributed by atoms with E-state index in [0.29, 0.717) is 10.7 Å². The van der Waals surface area contributed by atoms with Gasteiger partial charge in [-0.25, -0.2) is 0 Å². The lowest BCUT2D eigenvalue weighted by molar-refractivity contribution is 0.580. The summed E-state index contributed by atoms with van der Waals surface area (Å²) >= 11 is 7.83. The maximum Gasteiger partial charge on any atom is 0.140 e. The third-order valence-electron chi connectivity index (χ3n) is 5.93. The molecule has 0 bridgehead atoms. The Morgan fingerprint density at radius 1 is 0.595 bits per heavy atom. The zero-order valence-electron chi connectivity index (χ0n) is 20.5. The zero-order valence-corrected chi connectivity index (χ0v) is 22.0. The quantitative estimate of drug-likeness (QED) is 0.220. The minimum atomic E-state index is 0.674. The number of piperidine rings is 1. The highest BCUT2D eigenvalue weighted by molar-refractivity contribution is 7.19. The molecule has 1 saturated heterocycles. The van der Waals surface area contributed by atoms with Gasteiger partial charge in [0.2, 0.25) is 0 Å². The molecule has 0 spiro atoms. The first kappa shape index (κ1) is 24.9. The molecule has 9 heteroatoms. The van der Waals surface area contributed by atoms with E-state index < -0.39 is 0 Å². The standard InChI is InChI=1S/C28H26ClN7S/c1-20-5-6-25(19-26(20)29)34-32-23-9-7-21(8-10-23)30-31-22-11-13-24(14-12-22)33-35-27-15-16-28(37-27)36-17-3-2-4-18-36/h5-16,19H,2-4,17-18H2,1H3. The zero-order chi connectivity index (χ0) is 25.5. The Morgan fingerprint density at radius 2 is 1.08 bits per heavy atom. The number of aryl methyl sites for hydroxylation is 1. The van der Waals surface area contributed by atoms with Gasteiger partial charge in [-0.2, -0.15) is 20.5 Å². The second kappa shape index (κ2) is 12.0. The average Bonchev–Trinajstić information content (AvgIpc) is 3.42. The van der Waals surface area contributed by atoms with Crippen molar-refractivity contribution in [2.45, 2.75) is 26.2 Å². The van der Waals surface area contributed by atoms with E-state index in [4.69, 9.17) is 11.6 Å². The molecule has 1 fully saturated rings. The third kappa shape index (κ3) is 6.93. The number of hydrogen-bond acceptors (Lipinski definition) is 8. The Kier molecular flexibility index (Phi) is 8.08. The fourth-order valence-electron chi connectivity index (χ4n) is 3.81. The van der Waals surface area contributed by atoms with Crippen LogP contribution in [0, 0.1) is 6.92 Å². The summed E-state index contributed by atoms with van der Waals surface area (Å²) in [6.45, 7) is 4.21. The first-order chi connectivity index (χ1) is 18.1. The van der Waals surface area contributed by atoms with Crippen LogP contribution in [-0.4, -0.2) is 13.1 Å². The van der Waals surface area contributed by atoms with Gasteiger partial charge < -0.3 is 4.90 Å². The SMILES string of the molecule is Cc1ccc(N=Nc2ccc(N=Nc3ccc(N=Nc4ccc(N5CCCCC5)s4)cc3)cc2)cc1Cl. The van der Waals surface area contributed by atoms with Crippen molar-refractivity contribution in [3.63, 3.8) is 0 Å². The molecule has 0 saturated carbocycles. The number of thiophene rings is 1. The van der Waals surface area contributed by atoms with Crippen LogP contribution in [0.25, 0.3) is 0 Å². The monoisotopic (exact) mass is 527 g/mol. The molecule has 7 nitrogen and oxygen atoms in total. The summed E-state index contributed by atoms with van der Waals surface area (Å²) in [6, 6.07) is 24.7. The second-order valence-corrected chi connectivity index (χ2v) is 10.2. The van der Waals surface area contributed by atoms with Crippen molar-refractivity contribution in [1.29, 1.82) is 0 Å². The van der Waals surface area contributed by atoms with Gasteiger partial charge in [-0.3, -0.25) is 0 Å². The average molecular weight is 528 g/mol. The van der Waals surface area contributed by atoms with Gasteiger partial charge >= 0.3 is 0 Å². The normalized spacial score (nSPS) is 14.4. The number of hydrogen-bond donors (Lipinski definition) is 0. The Balaban J connectivity index is 1.16. The van der Waals surface area contributed by atoms with Crippen LogP contribution in [0.4, 0.5) is 38.4 Å². The predicted molar refractivity (Wildman–Crippen MR) is 152 cm³/mol. The van der Waals surface area contributed by atoms with Crippen LogP contribution in [0.3, 0.4) is 0 Å². The molecular formula is C28H26ClN7S. The Hall–Kier alpha value is -3.75. The minimum Gasteiger partial charge on any atom is -0.363 e. The molecule has 0 radical (unpaired) electrons. The predicted octanol–water partition coefficient (Wildman–Crippen LogP) is 10.9. The fourth-order valence-corrected chi connectivity index (χ4v) is 4.86. The van der Waals surface area contributed by atoms with Crippen LogP contribution < -0.4 is 4.90 Å². The highest BCUT2D eigenvalue weighted by Gasteiger charge is 2.12. The number of azo groups is 3. The maximum atomic E-state index is 6.14. The lowest BCUT2D eigenvalue weighted by Gasteiger charge is -2.26. The Bertz CT molecular complexity index is 1420. The van der Waals surface area contributed by atoms with E-state index >= 15 is 0 Å². The van der Waals surface area contributed by atoms with Crippen LogP contribution in [0.1, 0.15) is 24.8 Å². The van der Waals surface area contributed by atoms with Crippen molar-refractivity contribution in [2.75, 3.05) is 18.0 Å². The summed E-state index contributed by atoms with van der Waals surface area (Å²) in [6.07, 6.45) is 3.86. The minimum absolute atomic E-state index is 0.674. The summed E-state index contributed by atoms with van der Waals surface area (Å²) in [5.41, 5.74) is 4.68. The largest absolute Gasteiger partial charge is 0.363 e. The number of nitrogens with zero attached hydrogens (tertiary/aromatic N) is 7. The van der Waals surface area contributed by atoms with Crippen LogP contribution in [0.5, 0.6) is 0 Å². The summed E-state index contributed by atoms with van der Waals surface area (Å²) in [4.78, 5) is 2.44. The van der Waals surface area contributed by atoms with Crippen molar-refractivity contribution in [2.24, 2.45) is 30.7 Å². The van der Waals surface area contributed by atoms with Crippen LogP contribution in [-0.2, 0) is 0 Å². The van der Waals surface area contributed by atoms with E-state index in [0.717, 1.165) is 46.4 Å². The number of benzene rings is 3. The van der Waals surface area contributed by atoms with Crippen molar-refractivity contribution in [3.05, 3.63) is 89.4 Å². The molecule has 1 aromatic heterocycles. The molecule has 2 heterocycles. The van der Waals surface area contributed by atoms with Crippen LogP contribution in [0.2, 0.25) is 5.02 Å². The van der Waals surface area contributed by atoms with Crippen molar-refractivity contribution in [1.82, 2.24) is 0 Å². The van der Waals surface area contributed by atoms with Gasteiger partial charge in [0.05, 0.1) is 33.4 Å².